The fraction of sp³-hybridized carbons (Fsp3) is 0.217. The van der Waals surface area contributed by atoms with Crippen LogP contribution >= 0.6 is 20.6 Å². The minimum Gasteiger partial charge on any atom is -0.309 e. The van der Waals surface area contributed by atoms with Crippen molar-refractivity contribution >= 4 is 38.0 Å². The molecule has 0 fully saturated rings. The summed E-state index contributed by atoms with van der Waals surface area (Å²) in [6.45, 7) is 5.33. The molecular weight excluding hydrogens is 372 g/mol. The molecule has 0 saturated heterocycles. The molecule has 1 N–H and O–H groups in total. The van der Waals surface area contributed by atoms with Crippen LogP contribution in [-0.4, -0.2) is 6.04 Å². The van der Waals surface area contributed by atoms with E-state index in [1.807, 2.05) is 23.5 Å². The first-order valence-electron chi connectivity index (χ1n) is 9.21. The van der Waals surface area contributed by atoms with E-state index in [4.69, 9.17) is 0 Å². The van der Waals surface area contributed by atoms with E-state index in [1.54, 1.807) is 12.1 Å². The first-order chi connectivity index (χ1) is 13.0. The van der Waals surface area contributed by atoms with Crippen molar-refractivity contribution < 1.29 is 4.39 Å². The van der Waals surface area contributed by atoms with E-state index < -0.39 is 0 Å². The molecule has 1 aromatic heterocycles. The van der Waals surface area contributed by atoms with Gasteiger partial charge in [-0.05, 0) is 53.5 Å². The van der Waals surface area contributed by atoms with Crippen molar-refractivity contribution in [1.82, 2.24) is 5.32 Å². The molecule has 2 unspecified atom stereocenters. The van der Waals surface area contributed by atoms with E-state index in [0.717, 1.165) is 24.1 Å². The Kier molecular flexibility index (Phi) is 6.95. The van der Waals surface area contributed by atoms with E-state index in [0.29, 0.717) is 6.04 Å². The molecule has 0 spiro atoms. The van der Waals surface area contributed by atoms with Gasteiger partial charge >= 0.3 is 0 Å². The van der Waals surface area contributed by atoms with Gasteiger partial charge in [0.25, 0.3) is 0 Å². The van der Waals surface area contributed by atoms with Gasteiger partial charge in [0, 0.05) is 22.3 Å². The van der Waals surface area contributed by atoms with Crippen molar-refractivity contribution in [3.05, 3.63) is 76.4 Å². The van der Waals surface area contributed by atoms with Crippen LogP contribution in [0, 0.1) is 5.82 Å². The molecular formula is C23H25FNPS. The Labute approximate surface area is 167 Å². The third-order valence-electron chi connectivity index (χ3n) is 4.60. The number of benzene rings is 2. The van der Waals surface area contributed by atoms with Gasteiger partial charge in [-0.1, -0.05) is 55.5 Å². The molecule has 0 amide bonds. The molecule has 3 aromatic rings. The largest absolute Gasteiger partial charge is 0.309 e. The van der Waals surface area contributed by atoms with Gasteiger partial charge in [-0.3, -0.25) is 0 Å². The molecule has 0 radical (unpaired) electrons. The lowest BCUT2D eigenvalue weighted by molar-refractivity contribution is 0.538. The summed E-state index contributed by atoms with van der Waals surface area (Å²) in [5.41, 5.74) is 3.35. The van der Waals surface area contributed by atoms with E-state index >= 15 is 0 Å². The highest BCUT2D eigenvalue weighted by Gasteiger charge is 2.08. The second-order valence-electron chi connectivity index (χ2n) is 6.69. The molecule has 2 aromatic carbocycles. The van der Waals surface area contributed by atoms with E-state index in [-0.39, 0.29) is 5.82 Å². The van der Waals surface area contributed by atoms with Crippen LogP contribution in [0.5, 0.6) is 0 Å². The predicted molar refractivity (Wildman–Crippen MR) is 121 cm³/mol. The summed E-state index contributed by atoms with van der Waals surface area (Å²) in [4.78, 5) is 2.66. The maximum atomic E-state index is 13.0. The molecule has 2 atom stereocenters. The molecule has 3 rings (SSSR count). The van der Waals surface area contributed by atoms with Crippen LogP contribution in [-0.2, 0) is 6.54 Å². The van der Waals surface area contributed by atoms with Crippen molar-refractivity contribution in [3.8, 4) is 10.4 Å². The maximum Gasteiger partial charge on any atom is 0.123 e. The first kappa shape index (κ1) is 19.9. The third-order valence-corrected chi connectivity index (χ3v) is 6.52. The molecule has 4 heteroatoms. The van der Waals surface area contributed by atoms with Crippen LogP contribution in [0.25, 0.3) is 22.6 Å². The van der Waals surface area contributed by atoms with Crippen molar-refractivity contribution in [2.45, 2.75) is 32.9 Å². The molecule has 140 valence electrons. The predicted octanol–water partition coefficient (Wildman–Crippen LogP) is 6.11. The summed E-state index contributed by atoms with van der Waals surface area (Å²) < 4.78 is 13.0. The van der Waals surface area contributed by atoms with Gasteiger partial charge in [0.05, 0.1) is 0 Å². The second kappa shape index (κ2) is 9.41. The van der Waals surface area contributed by atoms with Crippen molar-refractivity contribution in [2.24, 2.45) is 0 Å². The summed E-state index contributed by atoms with van der Waals surface area (Å²) >= 11 is 1.85. The SMILES string of the molecule is CCC(C)NCc1sc(-c2ccc(/C=C/c3ccc(F)cc3)cc2)cc1P. The number of hydrogen-bond acceptors (Lipinski definition) is 2. The molecule has 0 aliphatic heterocycles. The minimum atomic E-state index is -0.209. The number of halogens is 1. The fourth-order valence-electron chi connectivity index (χ4n) is 2.66. The average Bonchev–Trinajstić information content (AvgIpc) is 3.06. The summed E-state index contributed by atoms with van der Waals surface area (Å²) in [5, 5.41) is 4.83. The lowest BCUT2D eigenvalue weighted by atomic mass is 10.1. The quantitative estimate of drug-likeness (QED) is 0.374. The number of nitrogens with one attached hydrogen (secondary N) is 1. The number of hydrogen-bond donors (Lipinski definition) is 1. The molecule has 1 heterocycles. The Balaban J connectivity index is 1.69. The summed E-state index contributed by atoms with van der Waals surface area (Å²) in [5.74, 6) is -0.209. The molecule has 0 aliphatic carbocycles. The van der Waals surface area contributed by atoms with Crippen LogP contribution < -0.4 is 10.6 Å². The molecule has 1 nitrogen and oxygen atoms in total. The Bertz CT molecular complexity index is 897. The molecule has 27 heavy (non-hydrogen) atoms. The average molecular weight is 397 g/mol. The lowest BCUT2D eigenvalue weighted by Crippen LogP contribution is -2.25. The Hall–Kier alpha value is -1.80. The van der Waals surface area contributed by atoms with Gasteiger partial charge < -0.3 is 5.32 Å². The van der Waals surface area contributed by atoms with Crippen LogP contribution in [0.1, 0.15) is 36.3 Å². The summed E-state index contributed by atoms with van der Waals surface area (Å²) in [6.07, 6.45) is 5.18. The van der Waals surface area contributed by atoms with Crippen molar-refractivity contribution in [3.63, 3.8) is 0 Å². The summed E-state index contributed by atoms with van der Waals surface area (Å²) in [6, 6.07) is 17.9. The highest BCUT2D eigenvalue weighted by molar-refractivity contribution is 7.30. The van der Waals surface area contributed by atoms with E-state index in [9.17, 15) is 4.39 Å². The third kappa shape index (κ3) is 5.59. The standard InChI is InChI=1S/C23H25FNPS/c1-3-16(2)25-15-23-21(26)14-22(27-23)19-10-6-17(7-11-19)4-5-18-8-12-20(24)13-9-18/h4-14,16,25H,3,15,26H2,1-2H3/b5-4+. The van der Waals surface area contributed by atoms with Crippen LogP contribution in [0.2, 0.25) is 0 Å². The zero-order valence-electron chi connectivity index (χ0n) is 15.7. The van der Waals surface area contributed by atoms with Gasteiger partial charge in [-0.25, -0.2) is 4.39 Å². The molecule has 0 saturated carbocycles. The molecule has 0 bridgehead atoms. The van der Waals surface area contributed by atoms with E-state index in [2.05, 4.69) is 58.7 Å². The lowest BCUT2D eigenvalue weighted by Gasteiger charge is -2.10. The molecule has 0 aliphatic rings. The monoisotopic (exact) mass is 397 g/mol. The first-order valence-corrected chi connectivity index (χ1v) is 10.6. The highest BCUT2D eigenvalue weighted by atomic mass is 32.1. The van der Waals surface area contributed by atoms with Crippen LogP contribution in [0.3, 0.4) is 0 Å². The van der Waals surface area contributed by atoms with Crippen LogP contribution in [0.4, 0.5) is 4.39 Å². The van der Waals surface area contributed by atoms with Gasteiger partial charge in [-0.15, -0.1) is 20.6 Å². The van der Waals surface area contributed by atoms with Crippen LogP contribution in [0.15, 0.2) is 54.6 Å². The zero-order valence-corrected chi connectivity index (χ0v) is 17.7. The van der Waals surface area contributed by atoms with Gasteiger partial charge in [0.15, 0.2) is 0 Å². The number of rotatable bonds is 7. The minimum absolute atomic E-state index is 0.209. The second-order valence-corrected chi connectivity index (χ2v) is 8.45. The highest BCUT2D eigenvalue weighted by Crippen LogP contribution is 2.28. The zero-order chi connectivity index (χ0) is 19.2. The van der Waals surface area contributed by atoms with Crippen molar-refractivity contribution in [2.75, 3.05) is 0 Å². The maximum absolute atomic E-state index is 13.0. The van der Waals surface area contributed by atoms with Gasteiger partial charge in [0.1, 0.15) is 5.82 Å². The smallest absolute Gasteiger partial charge is 0.123 e. The summed E-state index contributed by atoms with van der Waals surface area (Å²) in [7, 11) is 2.86. The fourth-order valence-corrected chi connectivity index (χ4v) is 4.26. The Morgan fingerprint density at radius 3 is 2.22 bits per heavy atom. The van der Waals surface area contributed by atoms with Gasteiger partial charge in [0.2, 0.25) is 0 Å². The van der Waals surface area contributed by atoms with Crippen molar-refractivity contribution in [1.29, 1.82) is 0 Å². The number of thiophene rings is 1. The Morgan fingerprint density at radius 1 is 1.04 bits per heavy atom. The van der Waals surface area contributed by atoms with Gasteiger partial charge in [-0.2, -0.15) is 0 Å². The Morgan fingerprint density at radius 2 is 1.63 bits per heavy atom. The normalized spacial score (nSPS) is 12.6. The topological polar surface area (TPSA) is 12.0 Å². The van der Waals surface area contributed by atoms with E-state index in [1.165, 1.54) is 32.8 Å².